The van der Waals surface area contributed by atoms with E-state index in [1.807, 2.05) is 24.3 Å². The highest BCUT2D eigenvalue weighted by Gasteiger charge is 2.17. The standard InChI is InChI=1S/C28H30N2O2.ClH/c1-3-15-30(26-18-22-9-4-5-10-23(22)19-26)16-14-21-8-6-12-25(17-21)29-28(31)24-11-7-13-27(20-24)32-2;/h4-13,17-18,20H,3,14-16,19H2,1-2H3,(H,29,31);1H. The normalized spacial score (nSPS) is 11.8. The number of anilines is 1. The van der Waals surface area contributed by atoms with Gasteiger partial charge in [-0.25, -0.2) is 0 Å². The summed E-state index contributed by atoms with van der Waals surface area (Å²) in [7, 11) is 1.60. The van der Waals surface area contributed by atoms with Crippen LogP contribution in [-0.2, 0) is 12.8 Å². The van der Waals surface area contributed by atoms with E-state index in [1.54, 1.807) is 19.2 Å². The second kappa shape index (κ2) is 11.6. The molecule has 172 valence electrons. The highest BCUT2D eigenvalue weighted by Crippen LogP contribution is 2.27. The number of rotatable bonds is 9. The molecule has 0 heterocycles. The van der Waals surface area contributed by atoms with E-state index in [9.17, 15) is 4.79 Å². The van der Waals surface area contributed by atoms with Gasteiger partial charge < -0.3 is 15.0 Å². The SMILES string of the molecule is CCCN(CCc1cccc(NC(=O)c2cccc(OC)c2)c1)C1=Cc2ccccc2C1.Cl. The maximum atomic E-state index is 12.6. The Labute approximate surface area is 202 Å². The van der Waals surface area contributed by atoms with Gasteiger partial charge in [0.05, 0.1) is 7.11 Å². The summed E-state index contributed by atoms with van der Waals surface area (Å²) in [5.41, 5.74) is 6.75. The minimum Gasteiger partial charge on any atom is -0.497 e. The number of nitrogens with one attached hydrogen (secondary N) is 1. The first-order chi connectivity index (χ1) is 15.7. The van der Waals surface area contributed by atoms with Crippen LogP contribution in [0.2, 0.25) is 0 Å². The van der Waals surface area contributed by atoms with Crippen LogP contribution in [0.25, 0.3) is 6.08 Å². The summed E-state index contributed by atoms with van der Waals surface area (Å²) >= 11 is 0. The third-order valence-corrected chi connectivity index (χ3v) is 5.84. The third kappa shape index (κ3) is 6.17. The monoisotopic (exact) mass is 462 g/mol. The van der Waals surface area contributed by atoms with Crippen LogP contribution in [-0.4, -0.2) is 31.0 Å². The lowest BCUT2D eigenvalue weighted by molar-refractivity contribution is 0.102. The Morgan fingerprint density at radius 2 is 1.82 bits per heavy atom. The highest BCUT2D eigenvalue weighted by molar-refractivity contribution is 6.04. The van der Waals surface area contributed by atoms with E-state index in [1.165, 1.54) is 22.4 Å². The zero-order valence-electron chi connectivity index (χ0n) is 19.2. The average Bonchev–Trinajstić information content (AvgIpc) is 3.26. The topological polar surface area (TPSA) is 41.6 Å². The molecule has 0 aromatic heterocycles. The maximum absolute atomic E-state index is 12.6. The summed E-state index contributed by atoms with van der Waals surface area (Å²) in [5.74, 6) is 0.535. The zero-order chi connectivity index (χ0) is 22.3. The van der Waals surface area contributed by atoms with Crippen molar-refractivity contribution in [1.29, 1.82) is 0 Å². The molecule has 4 nitrogen and oxygen atoms in total. The smallest absolute Gasteiger partial charge is 0.255 e. The number of amides is 1. The van der Waals surface area contributed by atoms with Crippen molar-refractivity contribution in [2.75, 3.05) is 25.5 Å². The van der Waals surface area contributed by atoms with Gasteiger partial charge in [0.1, 0.15) is 5.75 Å². The highest BCUT2D eigenvalue weighted by atomic mass is 35.5. The van der Waals surface area contributed by atoms with Gasteiger partial charge in [0.15, 0.2) is 0 Å². The minimum absolute atomic E-state index is 0. The fourth-order valence-electron chi connectivity index (χ4n) is 4.17. The first kappa shape index (κ1) is 24.4. The summed E-state index contributed by atoms with van der Waals surface area (Å²) in [5, 5.41) is 3.01. The first-order valence-corrected chi connectivity index (χ1v) is 11.2. The molecule has 0 aliphatic heterocycles. The molecule has 0 spiro atoms. The van der Waals surface area contributed by atoms with Gasteiger partial charge in [-0.3, -0.25) is 4.79 Å². The van der Waals surface area contributed by atoms with Crippen LogP contribution in [0.4, 0.5) is 5.69 Å². The third-order valence-electron chi connectivity index (χ3n) is 5.84. The fourth-order valence-corrected chi connectivity index (χ4v) is 4.17. The summed E-state index contributed by atoms with van der Waals surface area (Å²) < 4.78 is 5.22. The number of allylic oxidation sites excluding steroid dienone is 1. The summed E-state index contributed by atoms with van der Waals surface area (Å²) in [6, 6.07) is 24.0. The van der Waals surface area contributed by atoms with Crippen molar-refractivity contribution < 1.29 is 9.53 Å². The van der Waals surface area contributed by atoms with Crippen molar-refractivity contribution in [3.63, 3.8) is 0 Å². The molecule has 0 saturated carbocycles. The van der Waals surface area contributed by atoms with E-state index in [-0.39, 0.29) is 18.3 Å². The predicted molar refractivity (Wildman–Crippen MR) is 138 cm³/mol. The van der Waals surface area contributed by atoms with Gasteiger partial charge in [-0.15, -0.1) is 12.4 Å². The van der Waals surface area contributed by atoms with E-state index in [4.69, 9.17) is 4.74 Å². The van der Waals surface area contributed by atoms with Crippen molar-refractivity contribution in [2.24, 2.45) is 0 Å². The molecule has 3 aromatic carbocycles. The van der Waals surface area contributed by atoms with Crippen molar-refractivity contribution in [3.8, 4) is 5.75 Å². The Kier molecular flexibility index (Phi) is 8.56. The van der Waals surface area contributed by atoms with Gasteiger partial charge in [-0.05, 0) is 65.9 Å². The number of carbonyl (C=O) groups is 1. The Morgan fingerprint density at radius 1 is 1.00 bits per heavy atom. The minimum atomic E-state index is -0.137. The first-order valence-electron chi connectivity index (χ1n) is 11.2. The summed E-state index contributed by atoms with van der Waals surface area (Å²) in [6.45, 7) is 4.23. The van der Waals surface area contributed by atoms with Crippen LogP contribution < -0.4 is 10.1 Å². The molecular formula is C28H31ClN2O2. The molecule has 1 amide bonds. The number of nitrogens with zero attached hydrogens (tertiary/aromatic N) is 1. The van der Waals surface area contributed by atoms with Gasteiger partial charge in [-0.1, -0.05) is 49.4 Å². The second-order valence-corrected chi connectivity index (χ2v) is 8.13. The van der Waals surface area contributed by atoms with Crippen LogP contribution >= 0.6 is 12.4 Å². The number of ether oxygens (including phenoxy) is 1. The van der Waals surface area contributed by atoms with Gasteiger partial charge in [0.2, 0.25) is 0 Å². The van der Waals surface area contributed by atoms with Crippen molar-refractivity contribution >= 4 is 30.1 Å². The molecular weight excluding hydrogens is 432 g/mol. The van der Waals surface area contributed by atoms with E-state index < -0.39 is 0 Å². The van der Waals surface area contributed by atoms with Crippen LogP contribution in [0.3, 0.4) is 0 Å². The largest absolute Gasteiger partial charge is 0.497 e. The molecule has 0 unspecified atom stereocenters. The second-order valence-electron chi connectivity index (χ2n) is 8.13. The predicted octanol–water partition coefficient (Wildman–Crippen LogP) is 6.22. The van der Waals surface area contributed by atoms with Crippen molar-refractivity contribution in [2.45, 2.75) is 26.2 Å². The lowest BCUT2D eigenvalue weighted by Crippen LogP contribution is -2.26. The number of carbonyl (C=O) groups excluding carboxylic acids is 1. The average molecular weight is 463 g/mol. The number of hydrogen-bond acceptors (Lipinski definition) is 3. The number of methoxy groups -OCH3 is 1. The molecule has 0 saturated heterocycles. The molecule has 5 heteroatoms. The number of hydrogen-bond donors (Lipinski definition) is 1. The van der Waals surface area contributed by atoms with E-state index >= 15 is 0 Å². The lowest BCUT2D eigenvalue weighted by Gasteiger charge is -2.26. The maximum Gasteiger partial charge on any atom is 0.255 e. The molecule has 1 aliphatic carbocycles. The quantitative estimate of drug-likeness (QED) is 0.410. The fraction of sp³-hybridized carbons (Fsp3) is 0.250. The number of benzene rings is 3. The van der Waals surface area contributed by atoms with Crippen molar-refractivity contribution in [3.05, 3.63) is 101 Å². The van der Waals surface area contributed by atoms with Crippen LogP contribution in [0.1, 0.15) is 40.4 Å². The van der Waals surface area contributed by atoms with E-state index in [0.717, 1.165) is 38.0 Å². The zero-order valence-corrected chi connectivity index (χ0v) is 20.0. The molecule has 0 bridgehead atoms. The van der Waals surface area contributed by atoms with Gasteiger partial charge in [0, 0.05) is 36.5 Å². The lowest BCUT2D eigenvalue weighted by atomic mass is 10.1. The van der Waals surface area contributed by atoms with Gasteiger partial charge >= 0.3 is 0 Å². The Balaban J connectivity index is 0.00000306. The molecule has 33 heavy (non-hydrogen) atoms. The van der Waals surface area contributed by atoms with Crippen molar-refractivity contribution in [1.82, 2.24) is 4.90 Å². The Hall–Kier alpha value is -3.24. The Bertz CT molecular complexity index is 1130. The molecule has 1 N–H and O–H groups in total. The molecule has 3 aromatic rings. The van der Waals surface area contributed by atoms with Crippen LogP contribution in [0.5, 0.6) is 5.75 Å². The molecule has 0 atom stereocenters. The number of halogens is 1. The number of fused-ring (bicyclic) bond motifs is 1. The molecule has 0 fully saturated rings. The molecule has 1 aliphatic rings. The summed E-state index contributed by atoms with van der Waals surface area (Å²) in [4.78, 5) is 15.1. The van der Waals surface area contributed by atoms with Crippen LogP contribution in [0.15, 0.2) is 78.5 Å². The molecule has 4 rings (SSSR count). The molecule has 0 radical (unpaired) electrons. The van der Waals surface area contributed by atoms with E-state index in [0.29, 0.717) is 11.3 Å². The Morgan fingerprint density at radius 3 is 2.61 bits per heavy atom. The summed E-state index contributed by atoms with van der Waals surface area (Å²) in [6.07, 6.45) is 5.38. The van der Waals surface area contributed by atoms with Crippen LogP contribution in [0, 0.1) is 0 Å². The van der Waals surface area contributed by atoms with Gasteiger partial charge in [0.25, 0.3) is 5.91 Å². The van der Waals surface area contributed by atoms with Gasteiger partial charge in [-0.2, -0.15) is 0 Å². The van der Waals surface area contributed by atoms with E-state index in [2.05, 4.69) is 59.6 Å².